The van der Waals surface area contributed by atoms with E-state index in [0.29, 0.717) is 11.3 Å². The molecular formula is C16H16F2N2O4S. The van der Waals surface area contributed by atoms with Crippen molar-refractivity contribution >= 4 is 27.3 Å². The molecule has 0 aliphatic rings. The molecule has 0 saturated heterocycles. The third-order valence-electron chi connectivity index (χ3n) is 3.08. The normalized spacial score (nSPS) is 11.2. The SMILES string of the molecule is CC(=O)Nc1ccc(S(=O)(=O)Nc2cc(C)ccc2OC(F)F)cc1. The van der Waals surface area contributed by atoms with E-state index in [0.717, 1.165) is 0 Å². The summed E-state index contributed by atoms with van der Waals surface area (Å²) in [7, 11) is -4.02. The van der Waals surface area contributed by atoms with E-state index in [9.17, 15) is 22.0 Å². The van der Waals surface area contributed by atoms with Crippen molar-refractivity contribution in [3.8, 4) is 5.75 Å². The third kappa shape index (κ3) is 5.15. The summed E-state index contributed by atoms with van der Waals surface area (Å²) >= 11 is 0. The van der Waals surface area contributed by atoms with E-state index in [1.54, 1.807) is 6.92 Å². The molecule has 1 amide bonds. The Morgan fingerprint density at radius 2 is 1.76 bits per heavy atom. The number of amides is 1. The summed E-state index contributed by atoms with van der Waals surface area (Å²) in [4.78, 5) is 10.9. The zero-order valence-electron chi connectivity index (χ0n) is 13.4. The highest BCUT2D eigenvalue weighted by atomic mass is 32.2. The number of hydrogen-bond donors (Lipinski definition) is 2. The average Bonchev–Trinajstić information content (AvgIpc) is 2.49. The zero-order chi connectivity index (χ0) is 18.6. The van der Waals surface area contributed by atoms with Crippen LogP contribution in [0.15, 0.2) is 47.4 Å². The highest BCUT2D eigenvalue weighted by Crippen LogP contribution is 2.29. The summed E-state index contributed by atoms with van der Waals surface area (Å²) in [6.07, 6.45) is 0. The molecule has 2 aromatic rings. The van der Waals surface area contributed by atoms with E-state index in [1.807, 2.05) is 0 Å². The Morgan fingerprint density at radius 3 is 2.32 bits per heavy atom. The fraction of sp³-hybridized carbons (Fsp3) is 0.188. The molecule has 6 nitrogen and oxygen atoms in total. The third-order valence-corrected chi connectivity index (χ3v) is 4.46. The molecule has 0 fully saturated rings. The Morgan fingerprint density at radius 1 is 1.12 bits per heavy atom. The van der Waals surface area contributed by atoms with E-state index in [1.165, 1.54) is 49.4 Å². The number of halogens is 2. The van der Waals surface area contributed by atoms with Gasteiger partial charge in [0.1, 0.15) is 5.75 Å². The number of aryl methyl sites for hydroxylation is 1. The van der Waals surface area contributed by atoms with E-state index < -0.39 is 16.6 Å². The van der Waals surface area contributed by atoms with Crippen LogP contribution >= 0.6 is 0 Å². The summed E-state index contributed by atoms with van der Waals surface area (Å²) in [5.74, 6) is -0.568. The number of nitrogens with one attached hydrogen (secondary N) is 2. The number of ether oxygens (including phenoxy) is 1. The number of carbonyl (C=O) groups is 1. The molecule has 2 rings (SSSR count). The molecule has 0 atom stereocenters. The lowest BCUT2D eigenvalue weighted by Gasteiger charge is -2.14. The van der Waals surface area contributed by atoms with Crippen LogP contribution in [0.2, 0.25) is 0 Å². The molecule has 9 heteroatoms. The molecule has 0 spiro atoms. The molecule has 0 heterocycles. The summed E-state index contributed by atoms with van der Waals surface area (Å²) in [6, 6.07) is 9.59. The fourth-order valence-electron chi connectivity index (χ4n) is 2.05. The van der Waals surface area contributed by atoms with Crippen molar-refractivity contribution in [1.29, 1.82) is 0 Å². The molecular weight excluding hydrogens is 354 g/mol. The minimum Gasteiger partial charge on any atom is -0.433 e. The van der Waals surface area contributed by atoms with E-state index >= 15 is 0 Å². The molecule has 0 aliphatic heterocycles. The number of benzene rings is 2. The molecule has 0 aliphatic carbocycles. The maximum atomic E-state index is 12.5. The van der Waals surface area contributed by atoms with Crippen molar-refractivity contribution in [2.45, 2.75) is 25.4 Å². The first-order valence-electron chi connectivity index (χ1n) is 7.13. The van der Waals surface area contributed by atoms with Gasteiger partial charge in [0.2, 0.25) is 5.91 Å². The Kier molecular flexibility index (Phi) is 5.58. The first-order valence-corrected chi connectivity index (χ1v) is 8.61. The molecule has 2 N–H and O–H groups in total. The van der Waals surface area contributed by atoms with Crippen molar-refractivity contribution in [2.24, 2.45) is 0 Å². The van der Waals surface area contributed by atoms with Crippen molar-refractivity contribution < 1.29 is 26.7 Å². The smallest absolute Gasteiger partial charge is 0.387 e. The largest absolute Gasteiger partial charge is 0.433 e. The number of anilines is 2. The van der Waals surface area contributed by atoms with Gasteiger partial charge in [-0.2, -0.15) is 8.78 Å². The second kappa shape index (κ2) is 7.47. The number of carbonyl (C=O) groups excluding carboxylic acids is 1. The highest BCUT2D eigenvalue weighted by molar-refractivity contribution is 7.92. The fourth-order valence-corrected chi connectivity index (χ4v) is 3.11. The second-order valence-corrected chi connectivity index (χ2v) is 6.87. The van der Waals surface area contributed by atoms with Gasteiger partial charge >= 0.3 is 6.61 Å². The Balaban J connectivity index is 2.29. The van der Waals surface area contributed by atoms with Crippen molar-refractivity contribution in [3.63, 3.8) is 0 Å². The number of hydrogen-bond acceptors (Lipinski definition) is 4. The van der Waals surface area contributed by atoms with Gasteiger partial charge in [-0.15, -0.1) is 0 Å². The molecule has 0 aromatic heterocycles. The lowest BCUT2D eigenvalue weighted by atomic mass is 10.2. The highest BCUT2D eigenvalue weighted by Gasteiger charge is 2.18. The van der Waals surface area contributed by atoms with Crippen LogP contribution in [0.5, 0.6) is 5.75 Å². The van der Waals surface area contributed by atoms with Crippen LogP contribution in [0.25, 0.3) is 0 Å². The summed E-state index contributed by atoms with van der Waals surface area (Å²) in [6.45, 7) is -0.0661. The average molecular weight is 370 g/mol. The van der Waals surface area contributed by atoms with Gasteiger partial charge in [-0.1, -0.05) is 6.07 Å². The topological polar surface area (TPSA) is 84.5 Å². The van der Waals surface area contributed by atoms with Gasteiger partial charge in [0.05, 0.1) is 10.6 Å². The molecule has 0 saturated carbocycles. The Labute approximate surface area is 143 Å². The predicted molar refractivity (Wildman–Crippen MR) is 89.4 cm³/mol. The standard InChI is InChI=1S/C16H16F2N2O4S/c1-10-3-8-15(24-16(17)18)14(9-10)20-25(22,23)13-6-4-12(5-7-13)19-11(2)21/h3-9,16,20H,1-2H3,(H,19,21). The van der Waals surface area contributed by atoms with Crippen molar-refractivity contribution in [1.82, 2.24) is 0 Å². The quantitative estimate of drug-likeness (QED) is 0.817. The van der Waals surface area contributed by atoms with Gasteiger partial charge in [0.15, 0.2) is 0 Å². The Hall–Kier alpha value is -2.68. The summed E-state index contributed by atoms with van der Waals surface area (Å²) in [5, 5.41) is 2.51. The van der Waals surface area contributed by atoms with Gasteiger partial charge in [0.25, 0.3) is 10.0 Å². The zero-order valence-corrected chi connectivity index (χ0v) is 14.2. The second-order valence-electron chi connectivity index (χ2n) is 5.19. The van der Waals surface area contributed by atoms with Crippen LogP contribution in [0.3, 0.4) is 0 Å². The minimum atomic E-state index is -4.02. The van der Waals surface area contributed by atoms with E-state index in [-0.39, 0.29) is 22.2 Å². The van der Waals surface area contributed by atoms with Crippen molar-refractivity contribution in [2.75, 3.05) is 10.0 Å². The monoisotopic (exact) mass is 370 g/mol. The minimum absolute atomic E-state index is 0.0914. The van der Waals surface area contributed by atoms with Crippen LogP contribution in [-0.2, 0) is 14.8 Å². The van der Waals surface area contributed by atoms with Crippen LogP contribution < -0.4 is 14.8 Å². The van der Waals surface area contributed by atoms with Crippen LogP contribution in [0.1, 0.15) is 12.5 Å². The summed E-state index contributed by atoms with van der Waals surface area (Å²) in [5.41, 5.74) is 1.01. The number of sulfonamides is 1. The molecule has 25 heavy (non-hydrogen) atoms. The maximum Gasteiger partial charge on any atom is 0.387 e. The molecule has 0 bridgehead atoms. The van der Waals surface area contributed by atoms with Crippen molar-refractivity contribution in [3.05, 3.63) is 48.0 Å². The van der Waals surface area contributed by atoms with Crippen LogP contribution in [-0.4, -0.2) is 20.9 Å². The molecule has 2 aromatic carbocycles. The van der Waals surface area contributed by atoms with Gasteiger partial charge in [-0.05, 0) is 48.9 Å². The first kappa shape index (κ1) is 18.7. The lowest BCUT2D eigenvalue weighted by molar-refractivity contribution is -0.114. The van der Waals surface area contributed by atoms with Gasteiger partial charge in [-0.25, -0.2) is 8.42 Å². The molecule has 0 radical (unpaired) electrons. The van der Waals surface area contributed by atoms with Gasteiger partial charge in [-0.3, -0.25) is 9.52 Å². The van der Waals surface area contributed by atoms with Gasteiger partial charge in [0, 0.05) is 12.6 Å². The maximum absolute atomic E-state index is 12.5. The number of alkyl halides is 2. The van der Waals surface area contributed by atoms with E-state index in [4.69, 9.17) is 0 Å². The Bertz CT molecular complexity index is 868. The van der Waals surface area contributed by atoms with E-state index in [2.05, 4.69) is 14.8 Å². The number of rotatable bonds is 6. The lowest BCUT2D eigenvalue weighted by Crippen LogP contribution is -2.15. The molecule has 0 unspecified atom stereocenters. The first-order chi connectivity index (χ1) is 11.7. The van der Waals surface area contributed by atoms with Gasteiger partial charge < -0.3 is 10.1 Å². The van der Waals surface area contributed by atoms with Crippen LogP contribution in [0, 0.1) is 6.92 Å². The van der Waals surface area contributed by atoms with Crippen LogP contribution in [0.4, 0.5) is 20.2 Å². The summed E-state index contributed by atoms with van der Waals surface area (Å²) < 4.78 is 56.4. The predicted octanol–water partition coefficient (Wildman–Crippen LogP) is 3.36. The molecule has 134 valence electrons.